The number of fused-ring (bicyclic) bond motifs is 1. The number of hydrogen-bond donors (Lipinski definition) is 1. The predicted octanol–water partition coefficient (Wildman–Crippen LogP) is 4.67. The van der Waals surface area contributed by atoms with Crippen LogP contribution in [0.3, 0.4) is 0 Å². The molecule has 1 aromatic carbocycles. The molecule has 3 rings (SSSR count). The lowest BCUT2D eigenvalue weighted by Crippen LogP contribution is -2.28. The summed E-state index contributed by atoms with van der Waals surface area (Å²) in [4.78, 5) is 12.5. The van der Waals surface area contributed by atoms with Crippen molar-refractivity contribution >= 4 is 5.91 Å². The second-order valence-electron chi connectivity index (χ2n) is 7.05. The molecule has 128 valence electrons. The monoisotopic (exact) mass is 323 g/mol. The SMILES string of the molecule is O=C(NCCc1ccccc1)C1[C@H]2CC/C=C/CC/C=C\CC[C@@H]12. The molecule has 0 aromatic heterocycles. The molecule has 0 radical (unpaired) electrons. The number of hydrogen-bond acceptors (Lipinski definition) is 1. The number of amides is 1. The molecule has 2 nitrogen and oxygen atoms in total. The molecule has 0 aliphatic heterocycles. The zero-order valence-corrected chi connectivity index (χ0v) is 14.5. The Labute approximate surface area is 146 Å². The fraction of sp³-hybridized carbons (Fsp3) is 0.500. The Balaban J connectivity index is 1.47. The van der Waals surface area contributed by atoms with Gasteiger partial charge in [-0.15, -0.1) is 0 Å². The van der Waals surface area contributed by atoms with Crippen LogP contribution in [-0.2, 0) is 11.2 Å². The highest BCUT2D eigenvalue weighted by Crippen LogP contribution is 2.52. The zero-order valence-electron chi connectivity index (χ0n) is 14.5. The highest BCUT2D eigenvalue weighted by molar-refractivity contribution is 5.82. The lowest BCUT2D eigenvalue weighted by molar-refractivity contribution is -0.122. The van der Waals surface area contributed by atoms with Crippen molar-refractivity contribution in [2.75, 3.05) is 6.54 Å². The summed E-state index contributed by atoms with van der Waals surface area (Å²) in [5.74, 6) is 1.73. The molecular weight excluding hydrogens is 294 g/mol. The van der Waals surface area contributed by atoms with Crippen LogP contribution in [0, 0.1) is 17.8 Å². The van der Waals surface area contributed by atoms with Crippen molar-refractivity contribution in [1.29, 1.82) is 0 Å². The molecule has 1 fully saturated rings. The van der Waals surface area contributed by atoms with Gasteiger partial charge in [0.1, 0.15) is 0 Å². The van der Waals surface area contributed by atoms with Crippen LogP contribution in [0.15, 0.2) is 54.6 Å². The fourth-order valence-electron chi connectivity index (χ4n) is 3.95. The molecular formula is C22H29NO. The lowest BCUT2D eigenvalue weighted by Gasteiger charge is -2.05. The summed E-state index contributed by atoms with van der Waals surface area (Å²) in [7, 11) is 0. The van der Waals surface area contributed by atoms with Gasteiger partial charge in [-0.05, 0) is 62.3 Å². The highest BCUT2D eigenvalue weighted by atomic mass is 16.2. The molecule has 1 unspecified atom stereocenters. The van der Waals surface area contributed by atoms with Gasteiger partial charge < -0.3 is 5.32 Å². The molecule has 0 saturated heterocycles. The van der Waals surface area contributed by atoms with Gasteiger partial charge in [0.05, 0.1) is 0 Å². The van der Waals surface area contributed by atoms with E-state index < -0.39 is 0 Å². The van der Waals surface area contributed by atoms with Crippen molar-refractivity contribution < 1.29 is 4.79 Å². The van der Waals surface area contributed by atoms with Crippen LogP contribution >= 0.6 is 0 Å². The summed E-state index contributed by atoms with van der Waals surface area (Å²) in [5.41, 5.74) is 1.29. The molecule has 0 heterocycles. The second kappa shape index (κ2) is 8.86. The molecule has 1 saturated carbocycles. The van der Waals surface area contributed by atoms with E-state index in [2.05, 4.69) is 53.9 Å². The molecule has 0 bridgehead atoms. The Morgan fingerprint density at radius 1 is 0.875 bits per heavy atom. The van der Waals surface area contributed by atoms with E-state index in [9.17, 15) is 4.79 Å². The first-order valence-corrected chi connectivity index (χ1v) is 9.48. The first kappa shape index (κ1) is 17.0. The lowest BCUT2D eigenvalue weighted by atomic mass is 10.1. The third-order valence-electron chi connectivity index (χ3n) is 5.36. The smallest absolute Gasteiger partial charge is 0.223 e. The Hall–Kier alpha value is -1.83. The number of benzene rings is 1. The summed E-state index contributed by atoms with van der Waals surface area (Å²) in [6.45, 7) is 0.749. The van der Waals surface area contributed by atoms with Crippen molar-refractivity contribution in [3.63, 3.8) is 0 Å². The van der Waals surface area contributed by atoms with Crippen LogP contribution in [0.25, 0.3) is 0 Å². The third kappa shape index (κ3) is 4.83. The second-order valence-corrected chi connectivity index (χ2v) is 7.05. The van der Waals surface area contributed by atoms with Crippen LogP contribution in [0.5, 0.6) is 0 Å². The van der Waals surface area contributed by atoms with Gasteiger partial charge in [0.15, 0.2) is 0 Å². The number of carbonyl (C=O) groups excluding carboxylic acids is 1. The van der Waals surface area contributed by atoms with Crippen LogP contribution < -0.4 is 5.32 Å². The van der Waals surface area contributed by atoms with Gasteiger partial charge in [0.25, 0.3) is 0 Å². The Morgan fingerprint density at radius 2 is 1.46 bits per heavy atom. The first-order valence-electron chi connectivity index (χ1n) is 9.48. The van der Waals surface area contributed by atoms with Crippen molar-refractivity contribution in [3.05, 3.63) is 60.2 Å². The number of nitrogens with one attached hydrogen (secondary N) is 1. The van der Waals surface area contributed by atoms with Gasteiger partial charge in [-0.2, -0.15) is 0 Å². The maximum Gasteiger partial charge on any atom is 0.223 e. The standard InChI is InChI=1S/C22H29NO/c24-22(23-17-16-18-12-8-7-9-13-18)21-19-14-10-5-3-1-2-4-6-11-15-20(19)21/h3-9,12-13,19-21H,1-2,10-11,14-17H2,(H,23,24)/b5-3-,6-4+/t19-,20+,21?/m1/s1. The number of allylic oxidation sites excluding steroid dienone is 4. The van der Waals surface area contributed by atoms with Gasteiger partial charge >= 0.3 is 0 Å². The zero-order chi connectivity index (χ0) is 16.6. The summed E-state index contributed by atoms with van der Waals surface area (Å²) < 4.78 is 0. The molecule has 2 heteroatoms. The van der Waals surface area contributed by atoms with Crippen molar-refractivity contribution in [2.24, 2.45) is 17.8 Å². The average molecular weight is 323 g/mol. The van der Waals surface area contributed by atoms with Crippen LogP contribution in [0.4, 0.5) is 0 Å². The fourth-order valence-corrected chi connectivity index (χ4v) is 3.95. The Kier molecular flexibility index (Phi) is 6.28. The molecule has 0 spiro atoms. The Bertz CT molecular complexity index is 551. The summed E-state index contributed by atoms with van der Waals surface area (Å²) in [6.07, 6.45) is 17.0. The van der Waals surface area contributed by atoms with Crippen LogP contribution in [0.2, 0.25) is 0 Å². The van der Waals surface area contributed by atoms with E-state index in [1.807, 2.05) is 6.07 Å². The van der Waals surface area contributed by atoms with E-state index in [0.717, 1.165) is 38.6 Å². The summed E-state index contributed by atoms with van der Waals surface area (Å²) in [5, 5.41) is 3.17. The first-order chi connectivity index (χ1) is 11.9. The minimum Gasteiger partial charge on any atom is -0.356 e. The van der Waals surface area contributed by atoms with E-state index >= 15 is 0 Å². The topological polar surface area (TPSA) is 29.1 Å². The minimum atomic E-state index is 0.253. The van der Waals surface area contributed by atoms with Crippen LogP contribution in [-0.4, -0.2) is 12.5 Å². The van der Waals surface area contributed by atoms with Gasteiger partial charge in [-0.3, -0.25) is 4.79 Å². The highest BCUT2D eigenvalue weighted by Gasteiger charge is 2.52. The van der Waals surface area contributed by atoms with E-state index in [1.165, 1.54) is 18.4 Å². The molecule has 2 aliphatic carbocycles. The van der Waals surface area contributed by atoms with Crippen molar-refractivity contribution in [3.8, 4) is 0 Å². The maximum absolute atomic E-state index is 12.5. The van der Waals surface area contributed by atoms with Crippen molar-refractivity contribution in [2.45, 2.75) is 44.9 Å². The molecule has 1 amide bonds. The van der Waals surface area contributed by atoms with Crippen molar-refractivity contribution in [1.82, 2.24) is 5.32 Å². The molecule has 3 atom stereocenters. The van der Waals surface area contributed by atoms with E-state index in [4.69, 9.17) is 0 Å². The quantitative estimate of drug-likeness (QED) is 0.801. The maximum atomic E-state index is 12.5. The average Bonchev–Trinajstić information content (AvgIpc) is 3.28. The minimum absolute atomic E-state index is 0.253. The largest absolute Gasteiger partial charge is 0.356 e. The third-order valence-corrected chi connectivity index (χ3v) is 5.36. The van der Waals surface area contributed by atoms with Gasteiger partial charge in [-0.1, -0.05) is 54.6 Å². The normalized spacial score (nSPS) is 29.4. The number of rotatable bonds is 4. The Morgan fingerprint density at radius 3 is 2.08 bits per heavy atom. The summed E-state index contributed by atoms with van der Waals surface area (Å²) in [6, 6.07) is 10.4. The van der Waals surface area contributed by atoms with Crippen LogP contribution in [0.1, 0.15) is 44.1 Å². The molecule has 2 aliphatic rings. The van der Waals surface area contributed by atoms with Gasteiger partial charge in [-0.25, -0.2) is 0 Å². The van der Waals surface area contributed by atoms with Gasteiger partial charge in [0, 0.05) is 12.5 Å². The molecule has 1 N–H and O–H groups in total. The molecule has 24 heavy (non-hydrogen) atoms. The number of carbonyl (C=O) groups is 1. The molecule has 1 aromatic rings. The van der Waals surface area contributed by atoms with E-state index in [1.54, 1.807) is 0 Å². The van der Waals surface area contributed by atoms with Gasteiger partial charge in [0.2, 0.25) is 5.91 Å². The van der Waals surface area contributed by atoms with E-state index in [0.29, 0.717) is 11.8 Å². The predicted molar refractivity (Wildman–Crippen MR) is 99.6 cm³/mol. The summed E-state index contributed by atoms with van der Waals surface area (Å²) >= 11 is 0. The van der Waals surface area contributed by atoms with E-state index in [-0.39, 0.29) is 11.8 Å².